The zero-order chi connectivity index (χ0) is 7.71. The van der Waals surface area contributed by atoms with Crippen molar-refractivity contribution >= 4 is 91.1 Å². The molecule has 0 heterocycles. The Hall–Kier alpha value is 2.78. The molecule has 0 radical (unpaired) electrons. The standard InChI is InChI=1S/2Ca.H4O7P2.4H/c;;1-8(2,3)7-9(4,5)6;;;;/h;;(H2,1,2,3)(H2,4,5,6);;;;/q2*+2;;4*-1. The summed E-state index contributed by atoms with van der Waals surface area (Å²) in [5.41, 5.74) is 0. The first-order valence-electron chi connectivity index (χ1n) is 1.53. The molecule has 11 heavy (non-hydrogen) atoms. The van der Waals surface area contributed by atoms with E-state index in [9.17, 15) is 9.13 Å². The number of phosphoric acid groups is 2. The molecule has 0 saturated heterocycles. The Morgan fingerprint density at radius 2 is 1.09 bits per heavy atom. The van der Waals surface area contributed by atoms with Gasteiger partial charge in [-0.15, -0.1) is 0 Å². The molecule has 0 aliphatic rings. The Morgan fingerprint density at radius 3 is 1.09 bits per heavy atom. The van der Waals surface area contributed by atoms with Crippen molar-refractivity contribution < 1.29 is 38.7 Å². The van der Waals surface area contributed by atoms with Crippen molar-refractivity contribution in [2.45, 2.75) is 0 Å². The van der Waals surface area contributed by atoms with Gasteiger partial charge in [0.05, 0.1) is 0 Å². The first-order chi connectivity index (χ1) is 3.71. The Kier molecular flexibility index (Phi) is 12.5. The van der Waals surface area contributed by atoms with Crippen molar-refractivity contribution in [3.05, 3.63) is 0 Å². The van der Waals surface area contributed by atoms with E-state index < -0.39 is 15.6 Å². The summed E-state index contributed by atoms with van der Waals surface area (Å²) >= 11 is 0. The monoisotopic (exact) mass is 262 g/mol. The van der Waals surface area contributed by atoms with Gasteiger partial charge in [0.2, 0.25) is 0 Å². The van der Waals surface area contributed by atoms with Gasteiger partial charge in [0.15, 0.2) is 0 Å². The average Bonchev–Trinajstić information content (AvgIpc) is 1.14. The van der Waals surface area contributed by atoms with Crippen LogP contribution in [-0.4, -0.2) is 95.1 Å². The minimum atomic E-state index is -5.05. The summed E-state index contributed by atoms with van der Waals surface area (Å²) in [5.74, 6) is 0. The molecular weight excluding hydrogens is 254 g/mol. The Balaban J connectivity index is -0.0000000213. The van der Waals surface area contributed by atoms with Gasteiger partial charge in [-0.25, -0.2) is 9.13 Å². The average molecular weight is 262 g/mol. The summed E-state index contributed by atoms with van der Waals surface area (Å²) in [4.78, 5) is 31.0. The molecule has 0 aromatic carbocycles. The maximum Gasteiger partial charge on any atom is 2.00 e. The quantitative estimate of drug-likeness (QED) is 0.367. The minimum absolute atomic E-state index is 0. The molecule has 11 heteroatoms. The summed E-state index contributed by atoms with van der Waals surface area (Å²) in [7, 11) is -10.1. The third kappa shape index (κ3) is 19.3. The SMILES string of the molecule is O=P(O)(O)OP(=O)(O)O.[Ca+2].[Ca+2].[H-].[H-].[H-].[H-]. The fourth-order valence-corrected chi connectivity index (χ4v) is 1.25. The van der Waals surface area contributed by atoms with Crippen molar-refractivity contribution in [1.82, 2.24) is 0 Å². The zero-order valence-corrected chi connectivity index (χ0v) is 11.5. The van der Waals surface area contributed by atoms with Gasteiger partial charge in [-0.1, -0.05) is 0 Å². The summed E-state index contributed by atoms with van der Waals surface area (Å²) < 4.78 is 22.2. The van der Waals surface area contributed by atoms with Gasteiger partial charge in [0.1, 0.15) is 0 Å². The molecule has 4 N–H and O–H groups in total. The van der Waals surface area contributed by atoms with E-state index >= 15 is 0 Å². The predicted molar refractivity (Wildman–Crippen MR) is 41.1 cm³/mol. The van der Waals surface area contributed by atoms with Crippen LogP contribution in [0.4, 0.5) is 0 Å². The molecule has 0 aliphatic heterocycles. The van der Waals surface area contributed by atoms with Gasteiger partial charge < -0.3 is 25.3 Å². The first kappa shape index (κ1) is 19.4. The normalized spacial score (nSPS) is 11.3. The van der Waals surface area contributed by atoms with Crippen LogP contribution >= 0.6 is 15.6 Å². The maximum atomic E-state index is 9.63. The molecule has 0 spiro atoms. The fraction of sp³-hybridized carbons (Fsp3) is 0. The zero-order valence-electron chi connectivity index (χ0n) is 9.32. The van der Waals surface area contributed by atoms with Gasteiger partial charge in [-0.2, -0.15) is 4.31 Å². The van der Waals surface area contributed by atoms with Crippen LogP contribution in [0.25, 0.3) is 0 Å². The fourth-order valence-electron chi connectivity index (χ4n) is 0.139. The second-order valence-corrected chi connectivity index (χ2v) is 3.68. The van der Waals surface area contributed by atoms with Crippen molar-refractivity contribution in [3.63, 3.8) is 0 Å². The molecular formula is H8Ca2O7P2. The van der Waals surface area contributed by atoms with Crippen molar-refractivity contribution in [3.8, 4) is 0 Å². The van der Waals surface area contributed by atoms with E-state index in [4.69, 9.17) is 19.6 Å². The summed E-state index contributed by atoms with van der Waals surface area (Å²) in [5, 5.41) is 0. The predicted octanol–water partition coefficient (Wildman–Crippen LogP) is -1.12. The minimum Gasteiger partial charge on any atom is -1.00 e. The van der Waals surface area contributed by atoms with Crippen molar-refractivity contribution in [1.29, 1.82) is 0 Å². The van der Waals surface area contributed by atoms with Crippen molar-refractivity contribution in [2.24, 2.45) is 0 Å². The second kappa shape index (κ2) is 7.12. The Labute approximate surface area is 128 Å². The molecule has 0 aromatic heterocycles. The van der Waals surface area contributed by atoms with E-state index in [1.807, 2.05) is 0 Å². The maximum absolute atomic E-state index is 9.63. The van der Waals surface area contributed by atoms with Crippen LogP contribution in [-0.2, 0) is 13.4 Å². The van der Waals surface area contributed by atoms with Crippen LogP contribution in [0.1, 0.15) is 5.71 Å². The van der Waals surface area contributed by atoms with Gasteiger partial charge in [0.25, 0.3) is 0 Å². The van der Waals surface area contributed by atoms with Crippen LogP contribution in [0.3, 0.4) is 0 Å². The Morgan fingerprint density at radius 1 is 0.909 bits per heavy atom. The summed E-state index contributed by atoms with van der Waals surface area (Å²) in [6, 6.07) is 0. The van der Waals surface area contributed by atoms with E-state index in [2.05, 4.69) is 4.31 Å². The molecule has 0 fully saturated rings. The van der Waals surface area contributed by atoms with Gasteiger partial charge >= 0.3 is 91.1 Å². The van der Waals surface area contributed by atoms with E-state index in [-0.39, 0.29) is 81.2 Å². The largest absolute Gasteiger partial charge is 2.00 e. The van der Waals surface area contributed by atoms with E-state index in [0.29, 0.717) is 0 Å². The van der Waals surface area contributed by atoms with E-state index in [1.165, 1.54) is 0 Å². The smallest absolute Gasteiger partial charge is 1.00 e. The molecule has 64 valence electrons. The van der Waals surface area contributed by atoms with Crippen LogP contribution in [0.15, 0.2) is 0 Å². The number of hydrogen-bond donors (Lipinski definition) is 4. The van der Waals surface area contributed by atoms with Crippen LogP contribution in [0.5, 0.6) is 0 Å². The molecule has 0 rings (SSSR count). The number of hydrogen-bond acceptors (Lipinski definition) is 3. The van der Waals surface area contributed by atoms with Crippen LogP contribution in [0, 0.1) is 0 Å². The third-order valence-corrected chi connectivity index (χ3v) is 1.91. The second-order valence-electron chi connectivity index (χ2n) is 1.06. The number of rotatable bonds is 2. The van der Waals surface area contributed by atoms with Gasteiger partial charge in [0, 0.05) is 0 Å². The molecule has 0 aromatic rings. The summed E-state index contributed by atoms with van der Waals surface area (Å²) in [6.45, 7) is 0. The first-order valence-corrected chi connectivity index (χ1v) is 4.59. The third-order valence-electron chi connectivity index (χ3n) is 0.213. The van der Waals surface area contributed by atoms with Crippen molar-refractivity contribution in [2.75, 3.05) is 0 Å². The van der Waals surface area contributed by atoms with Crippen LogP contribution in [0.2, 0.25) is 0 Å². The Bertz CT molecular complexity index is 167. The summed E-state index contributed by atoms with van der Waals surface area (Å²) in [6.07, 6.45) is 0. The van der Waals surface area contributed by atoms with Gasteiger partial charge in [-0.05, 0) is 0 Å². The molecule has 0 atom stereocenters. The molecule has 0 saturated carbocycles. The van der Waals surface area contributed by atoms with Crippen LogP contribution < -0.4 is 0 Å². The molecule has 0 unspecified atom stereocenters. The molecule has 7 nitrogen and oxygen atoms in total. The topological polar surface area (TPSA) is 124 Å². The van der Waals surface area contributed by atoms with E-state index in [0.717, 1.165) is 0 Å². The molecule has 0 aliphatic carbocycles. The van der Waals surface area contributed by atoms with Gasteiger partial charge in [-0.3, -0.25) is 0 Å². The van der Waals surface area contributed by atoms with E-state index in [1.54, 1.807) is 0 Å². The molecule has 0 amide bonds. The molecule has 0 bridgehead atoms.